The van der Waals surface area contributed by atoms with E-state index in [0.29, 0.717) is 5.56 Å². The van der Waals surface area contributed by atoms with Crippen molar-refractivity contribution in [3.8, 4) is 16.9 Å². The van der Waals surface area contributed by atoms with Gasteiger partial charge in [-0.3, -0.25) is 0 Å². The van der Waals surface area contributed by atoms with Crippen LogP contribution in [0.3, 0.4) is 0 Å². The van der Waals surface area contributed by atoms with Crippen LogP contribution in [0, 0.1) is 0 Å². The van der Waals surface area contributed by atoms with Crippen molar-refractivity contribution in [3.05, 3.63) is 54.1 Å². The van der Waals surface area contributed by atoms with Crippen LogP contribution in [0.2, 0.25) is 0 Å². The molecular weight excluding hydrogens is 528 g/mol. The standard InChI is InChI=1S/C31H46O3.Ag/c1-2-3-4-5-6-7-8-9-10-11-12-13-14-15-16-17-26-34-30-24-22-28(23-25-30)27-18-20-29(21-19-27)31(32)33;/h18-25H,2-17,26H2,1H3,(H,32,33);. The van der Waals surface area contributed by atoms with Gasteiger partial charge in [-0.25, -0.2) is 4.79 Å². The minimum atomic E-state index is -0.899. The van der Waals surface area contributed by atoms with Gasteiger partial charge in [-0.05, 0) is 41.8 Å². The van der Waals surface area contributed by atoms with Crippen LogP contribution >= 0.6 is 0 Å². The number of benzene rings is 2. The topological polar surface area (TPSA) is 46.5 Å². The second-order valence-electron chi connectivity index (χ2n) is 9.56. The number of hydrogen-bond acceptors (Lipinski definition) is 2. The largest absolute Gasteiger partial charge is 0.494 e. The third-order valence-corrected chi connectivity index (χ3v) is 6.59. The number of carbonyl (C=O) groups is 1. The van der Waals surface area contributed by atoms with Crippen molar-refractivity contribution in [2.75, 3.05) is 6.61 Å². The first-order valence-corrected chi connectivity index (χ1v) is 13.8. The number of hydrogen-bond donors (Lipinski definition) is 1. The Balaban J connectivity index is 0.00000612. The zero-order valence-corrected chi connectivity index (χ0v) is 23.2. The molecule has 0 aliphatic carbocycles. The molecule has 1 N–H and O–H groups in total. The molecule has 1 radical (unpaired) electrons. The van der Waals surface area contributed by atoms with Gasteiger partial charge in [0.15, 0.2) is 0 Å². The van der Waals surface area contributed by atoms with Gasteiger partial charge in [0.05, 0.1) is 12.2 Å². The number of ether oxygens (including phenoxy) is 1. The number of carboxylic acids is 1. The van der Waals surface area contributed by atoms with Gasteiger partial charge in [0.1, 0.15) is 5.75 Å². The summed E-state index contributed by atoms with van der Waals surface area (Å²) in [5.41, 5.74) is 2.38. The van der Waals surface area contributed by atoms with Crippen LogP contribution in [0.1, 0.15) is 120 Å². The summed E-state index contributed by atoms with van der Waals surface area (Å²) in [5.74, 6) is -0.00347. The van der Waals surface area contributed by atoms with Gasteiger partial charge in [-0.1, -0.05) is 128 Å². The van der Waals surface area contributed by atoms with E-state index in [1.807, 2.05) is 36.4 Å². The fraction of sp³-hybridized carbons (Fsp3) is 0.581. The van der Waals surface area contributed by atoms with E-state index in [9.17, 15) is 4.79 Å². The fourth-order valence-corrected chi connectivity index (χ4v) is 4.39. The molecule has 199 valence electrons. The van der Waals surface area contributed by atoms with Crippen molar-refractivity contribution in [2.24, 2.45) is 0 Å². The molecule has 2 rings (SSSR count). The van der Waals surface area contributed by atoms with Gasteiger partial charge in [-0.2, -0.15) is 0 Å². The quantitative estimate of drug-likeness (QED) is 0.127. The zero-order valence-electron chi connectivity index (χ0n) is 21.7. The molecular formula is C31H46AgO3. The van der Waals surface area contributed by atoms with Crippen LogP contribution in [0.5, 0.6) is 5.75 Å². The first kappa shape index (κ1) is 31.5. The summed E-state index contributed by atoms with van der Waals surface area (Å²) < 4.78 is 5.89. The molecule has 0 spiro atoms. The Bertz CT molecular complexity index is 771. The van der Waals surface area contributed by atoms with Gasteiger partial charge in [0, 0.05) is 22.4 Å². The molecule has 0 amide bonds. The molecule has 0 aliphatic rings. The maximum atomic E-state index is 11.0. The maximum absolute atomic E-state index is 11.0. The molecule has 2 aromatic carbocycles. The minimum absolute atomic E-state index is 0. The minimum Gasteiger partial charge on any atom is -0.494 e. The van der Waals surface area contributed by atoms with Gasteiger partial charge in [-0.15, -0.1) is 0 Å². The molecule has 0 heterocycles. The summed E-state index contributed by atoms with van der Waals surface area (Å²) in [5, 5.41) is 9.01. The van der Waals surface area contributed by atoms with E-state index in [-0.39, 0.29) is 22.4 Å². The first-order valence-electron chi connectivity index (χ1n) is 13.8. The monoisotopic (exact) mass is 573 g/mol. The zero-order chi connectivity index (χ0) is 24.3. The second kappa shape index (κ2) is 20.6. The Morgan fingerprint density at radius 1 is 0.600 bits per heavy atom. The molecule has 0 aromatic heterocycles. The molecule has 0 atom stereocenters. The predicted octanol–water partition coefficient (Wildman–Crippen LogP) is 9.69. The summed E-state index contributed by atoms with van der Waals surface area (Å²) in [4.78, 5) is 11.0. The summed E-state index contributed by atoms with van der Waals surface area (Å²) in [6, 6.07) is 15.0. The molecule has 4 heteroatoms. The van der Waals surface area contributed by atoms with Crippen molar-refractivity contribution in [1.29, 1.82) is 0 Å². The second-order valence-corrected chi connectivity index (χ2v) is 9.56. The molecule has 0 fully saturated rings. The third kappa shape index (κ3) is 14.6. The third-order valence-electron chi connectivity index (χ3n) is 6.59. The van der Waals surface area contributed by atoms with E-state index in [1.54, 1.807) is 12.1 Å². The van der Waals surface area contributed by atoms with Crippen LogP contribution in [-0.4, -0.2) is 17.7 Å². The van der Waals surface area contributed by atoms with E-state index >= 15 is 0 Å². The first-order chi connectivity index (χ1) is 16.7. The molecule has 0 bridgehead atoms. The molecule has 35 heavy (non-hydrogen) atoms. The van der Waals surface area contributed by atoms with Crippen molar-refractivity contribution in [1.82, 2.24) is 0 Å². The van der Waals surface area contributed by atoms with Crippen molar-refractivity contribution in [2.45, 2.75) is 110 Å². The number of rotatable bonds is 20. The Hall–Kier alpha value is -1.55. The van der Waals surface area contributed by atoms with Crippen LogP contribution in [0.4, 0.5) is 0 Å². The molecule has 0 unspecified atom stereocenters. The molecule has 0 saturated carbocycles. The molecule has 3 nitrogen and oxygen atoms in total. The summed E-state index contributed by atoms with van der Waals surface area (Å²) in [7, 11) is 0. The number of carboxylic acid groups (broad SMARTS) is 1. The van der Waals surface area contributed by atoms with Crippen LogP contribution in [-0.2, 0) is 22.4 Å². The average molecular weight is 575 g/mol. The average Bonchev–Trinajstić information content (AvgIpc) is 2.86. The SMILES string of the molecule is CCCCCCCCCCCCCCCCCCOc1ccc(-c2ccc(C(=O)O)cc2)cc1.[Ag]. The maximum Gasteiger partial charge on any atom is 0.335 e. The predicted molar refractivity (Wildman–Crippen MR) is 144 cm³/mol. The van der Waals surface area contributed by atoms with Crippen molar-refractivity contribution in [3.63, 3.8) is 0 Å². The smallest absolute Gasteiger partial charge is 0.335 e. The van der Waals surface area contributed by atoms with E-state index in [1.165, 1.54) is 96.3 Å². The Morgan fingerprint density at radius 2 is 0.971 bits per heavy atom. The Labute approximate surface area is 229 Å². The van der Waals surface area contributed by atoms with Gasteiger partial charge in [0.25, 0.3) is 0 Å². The van der Waals surface area contributed by atoms with E-state index in [4.69, 9.17) is 9.84 Å². The van der Waals surface area contributed by atoms with Crippen molar-refractivity contribution < 1.29 is 37.0 Å². The Kier molecular flexibility index (Phi) is 18.5. The van der Waals surface area contributed by atoms with E-state index in [2.05, 4.69) is 6.92 Å². The Morgan fingerprint density at radius 3 is 1.37 bits per heavy atom. The fourth-order valence-electron chi connectivity index (χ4n) is 4.39. The van der Waals surface area contributed by atoms with Gasteiger partial charge in [0.2, 0.25) is 0 Å². The van der Waals surface area contributed by atoms with E-state index < -0.39 is 5.97 Å². The van der Waals surface area contributed by atoms with E-state index in [0.717, 1.165) is 29.9 Å². The summed E-state index contributed by atoms with van der Waals surface area (Å²) in [6.07, 6.45) is 22.0. The summed E-state index contributed by atoms with van der Waals surface area (Å²) in [6.45, 7) is 3.05. The van der Waals surface area contributed by atoms with Crippen LogP contribution < -0.4 is 4.74 Å². The molecule has 0 saturated heterocycles. The van der Waals surface area contributed by atoms with Crippen molar-refractivity contribution >= 4 is 5.97 Å². The summed E-state index contributed by atoms with van der Waals surface area (Å²) >= 11 is 0. The normalized spacial score (nSPS) is 10.7. The molecule has 2 aromatic rings. The van der Waals surface area contributed by atoms with Gasteiger partial charge < -0.3 is 9.84 Å². The van der Waals surface area contributed by atoms with Crippen LogP contribution in [0.15, 0.2) is 48.5 Å². The number of aromatic carboxylic acids is 1. The molecule has 0 aliphatic heterocycles. The van der Waals surface area contributed by atoms with Crippen LogP contribution in [0.25, 0.3) is 11.1 Å². The number of unbranched alkanes of at least 4 members (excludes halogenated alkanes) is 15. The van der Waals surface area contributed by atoms with Gasteiger partial charge >= 0.3 is 5.97 Å².